The third-order valence-electron chi connectivity index (χ3n) is 3.76. The molecule has 0 saturated carbocycles. The van der Waals surface area contributed by atoms with Crippen LogP contribution in [0.3, 0.4) is 0 Å². The van der Waals surface area contributed by atoms with Crippen LogP contribution in [-0.2, 0) is 9.59 Å². The number of carbonyl (C=O) groups excluding carboxylic acids is 1. The Morgan fingerprint density at radius 1 is 1.43 bits per heavy atom. The van der Waals surface area contributed by atoms with Gasteiger partial charge in [-0.3, -0.25) is 9.59 Å². The number of rotatable bonds is 2. The fourth-order valence-corrected chi connectivity index (χ4v) is 3.27. The van der Waals surface area contributed by atoms with Crippen LogP contribution in [0, 0.1) is 5.92 Å². The summed E-state index contributed by atoms with van der Waals surface area (Å²) >= 11 is 3.24. The van der Waals surface area contributed by atoms with Crippen LogP contribution in [0.15, 0.2) is 21.2 Å². The second kappa shape index (κ2) is 5.83. The number of hydrogen-bond donors (Lipinski definition) is 1. The molecule has 1 saturated heterocycles. The van der Waals surface area contributed by atoms with Crippen LogP contribution < -0.4 is 0 Å². The lowest BCUT2D eigenvalue weighted by Crippen LogP contribution is -2.49. The quantitative estimate of drug-likeness (QED) is 0.877. The molecule has 0 radical (unpaired) electrons. The molecule has 2 heterocycles. The van der Waals surface area contributed by atoms with Crippen LogP contribution in [-0.4, -0.2) is 27.4 Å². The van der Waals surface area contributed by atoms with E-state index in [9.17, 15) is 14.7 Å². The molecule has 1 aromatic rings. The largest absolute Gasteiger partial charge is 0.481 e. The van der Waals surface area contributed by atoms with E-state index >= 15 is 0 Å². The van der Waals surface area contributed by atoms with Crippen LogP contribution in [0.2, 0.25) is 0 Å². The van der Waals surface area contributed by atoms with Gasteiger partial charge in [0, 0.05) is 12.0 Å². The first-order valence-corrected chi connectivity index (χ1v) is 7.81. The van der Waals surface area contributed by atoms with Crippen molar-refractivity contribution < 1.29 is 19.1 Å². The van der Waals surface area contributed by atoms with Crippen molar-refractivity contribution in [2.45, 2.75) is 51.6 Å². The Bertz CT molecular complexity index is 546. The third-order valence-corrected chi connectivity index (χ3v) is 4.19. The van der Waals surface area contributed by atoms with Crippen LogP contribution in [0.1, 0.15) is 51.8 Å². The van der Waals surface area contributed by atoms with E-state index in [1.807, 2.05) is 20.8 Å². The van der Waals surface area contributed by atoms with Crippen molar-refractivity contribution in [2.24, 2.45) is 5.92 Å². The predicted molar refractivity (Wildman–Crippen MR) is 80.7 cm³/mol. The first-order valence-electron chi connectivity index (χ1n) is 7.02. The molecule has 1 aromatic heterocycles. The van der Waals surface area contributed by atoms with Gasteiger partial charge in [-0.25, -0.2) is 0 Å². The average molecular weight is 358 g/mol. The van der Waals surface area contributed by atoms with Gasteiger partial charge in [0.15, 0.2) is 4.67 Å². The predicted octanol–water partition coefficient (Wildman–Crippen LogP) is 3.60. The van der Waals surface area contributed by atoms with Crippen molar-refractivity contribution in [1.82, 2.24) is 4.90 Å². The van der Waals surface area contributed by atoms with E-state index in [4.69, 9.17) is 4.42 Å². The minimum absolute atomic E-state index is 0.0243. The summed E-state index contributed by atoms with van der Waals surface area (Å²) in [5, 5.41) is 9.58. The van der Waals surface area contributed by atoms with E-state index in [0.29, 0.717) is 29.7 Å². The minimum Gasteiger partial charge on any atom is -0.481 e. The van der Waals surface area contributed by atoms with Crippen LogP contribution in [0.5, 0.6) is 0 Å². The summed E-state index contributed by atoms with van der Waals surface area (Å²) in [4.78, 5) is 25.9. The zero-order chi connectivity index (χ0) is 15.8. The van der Waals surface area contributed by atoms with Gasteiger partial charge in [0.2, 0.25) is 5.91 Å². The molecule has 0 bridgehead atoms. The maximum atomic E-state index is 12.5. The monoisotopic (exact) mass is 357 g/mol. The highest BCUT2D eigenvalue weighted by Crippen LogP contribution is 2.41. The highest BCUT2D eigenvalue weighted by Gasteiger charge is 2.44. The molecular formula is C15H20BrNO4. The van der Waals surface area contributed by atoms with Gasteiger partial charge < -0.3 is 14.4 Å². The fourth-order valence-electron chi connectivity index (χ4n) is 2.95. The molecule has 1 aliphatic heterocycles. The van der Waals surface area contributed by atoms with Gasteiger partial charge in [0.25, 0.3) is 0 Å². The summed E-state index contributed by atoms with van der Waals surface area (Å²) in [5.74, 6) is -1.06. The number of amides is 1. The highest BCUT2D eigenvalue weighted by atomic mass is 79.9. The molecule has 2 rings (SSSR count). The molecule has 0 spiro atoms. The van der Waals surface area contributed by atoms with Crippen molar-refractivity contribution in [2.75, 3.05) is 0 Å². The van der Waals surface area contributed by atoms with Crippen molar-refractivity contribution in [3.63, 3.8) is 0 Å². The van der Waals surface area contributed by atoms with Crippen LogP contribution >= 0.6 is 15.9 Å². The maximum Gasteiger partial charge on any atom is 0.309 e. The second-order valence-corrected chi connectivity index (χ2v) is 7.14. The Morgan fingerprint density at radius 3 is 2.57 bits per heavy atom. The Labute approximate surface area is 132 Å². The molecule has 116 valence electrons. The Morgan fingerprint density at radius 2 is 2.10 bits per heavy atom. The van der Waals surface area contributed by atoms with Gasteiger partial charge in [-0.1, -0.05) is 0 Å². The Kier molecular flexibility index (Phi) is 4.46. The molecule has 0 aliphatic carbocycles. The smallest absolute Gasteiger partial charge is 0.309 e. The summed E-state index contributed by atoms with van der Waals surface area (Å²) < 4.78 is 6.13. The molecule has 1 amide bonds. The fraction of sp³-hybridized carbons (Fsp3) is 0.600. The van der Waals surface area contributed by atoms with Crippen LogP contribution in [0.4, 0.5) is 0 Å². The summed E-state index contributed by atoms with van der Waals surface area (Å²) in [6.07, 6.45) is 1.43. The van der Waals surface area contributed by atoms with Gasteiger partial charge >= 0.3 is 5.97 Å². The number of furan rings is 1. The van der Waals surface area contributed by atoms with Gasteiger partial charge in [-0.2, -0.15) is 0 Å². The zero-order valence-electron chi connectivity index (χ0n) is 12.4. The molecular weight excluding hydrogens is 338 g/mol. The summed E-state index contributed by atoms with van der Waals surface area (Å²) in [6.45, 7) is 5.75. The number of nitrogens with zero attached hydrogens (tertiary/aromatic N) is 1. The molecule has 1 N–H and O–H groups in total. The number of aliphatic carboxylic acids is 1. The molecule has 1 aliphatic rings. The number of likely N-dealkylation sites (tertiary alicyclic amines) is 1. The first kappa shape index (κ1) is 16.1. The molecule has 5 nitrogen and oxygen atoms in total. The van der Waals surface area contributed by atoms with E-state index in [-0.39, 0.29) is 5.91 Å². The number of carboxylic acids is 1. The molecule has 0 aromatic carbocycles. The normalized spacial score (nSPS) is 24.0. The standard InChI is InChI=1S/C15H20BrNO4/c1-15(2,3)17-12(18)6-4-5-9(14(19)20)13(17)10-7-8-11(16)21-10/h7-9,13H,4-6H2,1-3H3,(H,19,20). The molecule has 6 heteroatoms. The van der Waals surface area contributed by atoms with E-state index in [1.54, 1.807) is 17.0 Å². The van der Waals surface area contributed by atoms with Gasteiger partial charge in [-0.05, 0) is 61.7 Å². The van der Waals surface area contributed by atoms with Crippen molar-refractivity contribution in [3.8, 4) is 0 Å². The van der Waals surface area contributed by atoms with Gasteiger partial charge in [0.1, 0.15) is 11.8 Å². The molecule has 2 unspecified atom stereocenters. The third kappa shape index (κ3) is 3.31. The van der Waals surface area contributed by atoms with Crippen molar-refractivity contribution in [3.05, 3.63) is 22.6 Å². The minimum atomic E-state index is -0.892. The lowest BCUT2D eigenvalue weighted by Gasteiger charge is -2.41. The number of carboxylic acid groups (broad SMARTS) is 1. The summed E-state index contributed by atoms with van der Waals surface area (Å²) in [5.41, 5.74) is -0.473. The van der Waals surface area contributed by atoms with Crippen molar-refractivity contribution in [1.29, 1.82) is 0 Å². The van der Waals surface area contributed by atoms with Gasteiger partial charge in [0.05, 0.1) is 5.92 Å². The summed E-state index contributed by atoms with van der Waals surface area (Å²) in [6, 6.07) is 2.88. The van der Waals surface area contributed by atoms with Crippen molar-refractivity contribution >= 4 is 27.8 Å². The number of hydrogen-bond acceptors (Lipinski definition) is 3. The number of halogens is 1. The lowest BCUT2D eigenvalue weighted by atomic mass is 9.90. The summed E-state index contributed by atoms with van der Waals surface area (Å²) in [7, 11) is 0. The second-order valence-electron chi connectivity index (χ2n) is 6.36. The Hall–Kier alpha value is -1.30. The van der Waals surface area contributed by atoms with Gasteiger partial charge in [-0.15, -0.1) is 0 Å². The van der Waals surface area contributed by atoms with E-state index < -0.39 is 23.5 Å². The van der Waals surface area contributed by atoms with E-state index in [0.717, 1.165) is 0 Å². The molecule has 1 fully saturated rings. The zero-order valence-corrected chi connectivity index (χ0v) is 14.0. The highest BCUT2D eigenvalue weighted by molar-refractivity contribution is 9.10. The number of carbonyl (C=O) groups is 2. The SMILES string of the molecule is CC(C)(C)N1C(=O)CCCC(C(=O)O)C1c1ccc(Br)o1. The Balaban J connectivity index is 2.54. The van der Waals surface area contributed by atoms with Crippen LogP contribution in [0.25, 0.3) is 0 Å². The average Bonchev–Trinajstić information content (AvgIpc) is 2.67. The maximum absolute atomic E-state index is 12.5. The topological polar surface area (TPSA) is 70.8 Å². The molecule has 21 heavy (non-hydrogen) atoms. The lowest BCUT2D eigenvalue weighted by molar-refractivity contribution is -0.149. The van der Waals surface area contributed by atoms with E-state index in [1.165, 1.54) is 0 Å². The van der Waals surface area contributed by atoms with E-state index in [2.05, 4.69) is 15.9 Å². The molecule has 2 atom stereocenters. The first-order chi connectivity index (χ1) is 9.71.